The van der Waals surface area contributed by atoms with Crippen LogP contribution in [0.1, 0.15) is 11.1 Å². The average molecular weight is 353 g/mol. The van der Waals surface area contributed by atoms with Crippen LogP contribution in [0.4, 0.5) is 5.69 Å². The molecule has 7 nitrogen and oxygen atoms in total. The third-order valence-electron chi connectivity index (χ3n) is 3.80. The summed E-state index contributed by atoms with van der Waals surface area (Å²) in [5, 5.41) is 10.9. The van der Waals surface area contributed by atoms with Crippen molar-refractivity contribution in [3.63, 3.8) is 0 Å². The number of hydrogen-bond acceptors (Lipinski definition) is 6. The number of nitro benzene ring substituents is 1. The largest absolute Gasteiger partial charge is 0.497 e. The molecule has 0 atom stereocenters. The Kier molecular flexibility index (Phi) is 4.70. The minimum absolute atomic E-state index is 0.0493. The van der Waals surface area contributed by atoms with Crippen LogP contribution < -0.4 is 9.47 Å². The first-order chi connectivity index (χ1) is 12.5. The Balaban J connectivity index is 1.97. The van der Waals surface area contributed by atoms with Gasteiger partial charge in [0, 0.05) is 18.2 Å². The molecule has 0 aromatic heterocycles. The molecule has 1 aliphatic rings. The number of carbonyl (C=O) groups is 1. The fraction of sp³-hybridized carbons (Fsp3) is 0.105. The molecule has 0 unspecified atom stereocenters. The van der Waals surface area contributed by atoms with Crippen LogP contribution in [-0.2, 0) is 9.53 Å². The van der Waals surface area contributed by atoms with Gasteiger partial charge in [-0.1, -0.05) is 12.1 Å². The highest BCUT2D eigenvalue weighted by Crippen LogP contribution is 2.35. The van der Waals surface area contributed by atoms with E-state index in [1.807, 2.05) is 0 Å². The number of esters is 1. The minimum atomic E-state index is -0.538. The summed E-state index contributed by atoms with van der Waals surface area (Å²) >= 11 is 0. The number of nitro groups is 1. The Hall–Kier alpha value is -3.61. The zero-order valence-electron chi connectivity index (χ0n) is 14.1. The van der Waals surface area contributed by atoms with E-state index >= 15 is 0 Å². The van der Waals surface area contributed by atoms with Gasteiger partial charge in [0.25, 0.3) is 5.69 Å². The molecule has 3 rings (SSSR count). The van der Waals surface area contributed by atoms with E-state index in [4.69, 9.17) is 14.2 Å². The third-order valence-corrected chi connectivity index (χ3v) is 3.80. The summed E-state index contributed by atoms with van der Waals surface area (Å²) < 4.78 is 15.8. The molecule has 132 valence electrons. The molecule has 0 bridgehead atoms. The first-order valence-electron chi connectivity index (χ1n) is 7.64. The highest BCUT2D eigenvalue weighted by Gasteiger charge is 2.24. The molecule has 7 heteroatoms. The van der Waals surface area contributed by atoms with Crippen LogP contribution in [0.3, 0.4) is 0 Å². The second-order valence-electron chi connectivity index (χ2n) is 5.42. The van der Waals surface area contributed by atoms with Gasteiger partial charge in [-0.3, -0.25) is 10.1 Å². The summed E-state index contributed by atoms with van der Waals surface area (Å²) in [7, 11) is 3.05. The van der Waals surface area contributed by atoms with Gasteiger partial charge in [-0.15, -0.1) is 0 Å². The number of ether oxygens (including phenoxy) is 3. The topological polar surface area (TPSA) is 87.9 Å². The fourth-order valence-electron chi connectivity index (χ4n) is 2.53. The van der Waals surface area contributed by atoms with Crippen LogP contribution in [0.15, 0.2) is 54.1 Å². The summed E-state index contributed by atoms with van der Waals surface area (Å²) in [6.45, 7) is 0. The molecule has 26 heavy (non-hydrogen) atoms. The Morgan fingerprint density at radius 2 is 1.92 bits per heavy atom. The number of rotatable bonds is 5. The highest BCUT2D eigenvalue weighted by atomic mass is 16.6. The van der Waals surface area contributed by atoms with Crippen molar-refractivity contribution in [2.45, 2.75) is 0 Å². The Labute approximate surface area is 149 Å². The summed E-state index contributed by atoms with van der Waals surface area (Å²) in [6, 6.07) is 11.2. The van der Waals surface area contributed by atoms with Crippen LogP contribution in [-0.4, -0.2) is 25.1 Å². The van der Waals surface area contributed by atoms with E-state index in [0.29, 0.717) is 34.0 Å². The van der Waals surface area contributed by atoms with Crippen molar-refractivity contribution >= 4 is 23.5 Å². The predicted octanol–water partition coefficient (Wildman–Crippen LogP) is 3.59. The van der Waals surface area contributed by atoms with E-state index in [1.165, 1.54) is 19.2 Å². The smallest absolute Gasteiger partial charge is 0.343 e. The van der Waals surface area contributed by atoms with Crippen molar-refractivity contribution in [3.05, 3.63) is 75.4 Å². The Bertz CT molecular complexity index is 945. The first kappa shape index (κ1) is 17.2. The molecule has 0 fully saturated rings. The lowest BCUT2D eigenvalue weighted by atomic mass is 10.1. The average Bonchev–Trinajstić information content (AvgIpc) is 3.01. The molecule has 1 aliphatic heterocycles. The molecule has 1 heterocycles. The van der Waals surface area contributed by atoms with Crippen LogP contribution in [0.5, 0.6) is 11.5 Å². The number of benzene rings is 2. The number of methoxy groups -OCH3 is 2. The van der Waals surface area contributed by atoms with Crippen molar-refractivity contribution in [2.24, 2.45) is 0 Å². The first-order valence-corrected chi connectivity index (χ1v) is 7.64. The number of hydrogen-bond donors (Lipinski definition) is 0. The van der Waals surface area contributed by atoms with Crippen molar-refractivity contribution in [1.29, 1.82) is 0 Å². The molecular formula is C19H15NO6. The van der Waals surface area contributed by atoms with Gasteiger partial charge in [-0.2, -0.15) is 0 Å². The molecule has 0 amide bonds. The van der Waals surface area contributed by atoms with E-state index < -0.39 is 10.9 Å². The lowest BCUT2D eigenvalue weighted by Gasteiger charge is -2.10. The second-order valence-corrected chi connectivity index (χ2v) is 5.42. The normalized spacial score (nSPS) is 14.8. The van der Waals surface area contributed by atoms with E-state index in [1.54, 1.807) is 49.6 Å². The zero-order chi connectivity index (χ0) is 18.7. The number of cyclic esters (lactones) is 1. The van der Waals surface area contributed by atoms with Gasteiger partial charge in [0.2, 0.25) is 0 Å². The third kappa shape index (κ3) is 3.41. The van der Waals surface area contributed by atoms with Gasteiger partial charge in [0.05, 0.1) is 30.3 Å². The van der Waals surface area contributed by atoms with Gasteiger partial charge in [0.1, 0.15) is 17.3 Å². The maximum absolute atomic E-state index is 12.2. The van der Waals surface area contributed by atoms with Gasteiger partial charge < -0.3 is 14.2 Å². The summed E-state index contributed by atoms with van der Waals surface area (Å²) in [6.07, 6.45) is 3.11. The van der Waals surface area contributed by atoms with Crippen LogP contribution in [0.25, 0.3) is 11.8 Å². The molecule has 0 aliphatic carbocycles. The second kappa shape index (κ2) is 7.10. The van der Waals surface area contributed by atoms with Gasteiger partial charge in [0.15, 0.2) is 0 Å². The lowest BCUT2D eigenvalue weighted by Crippen LogP contribution is -1.98. The highest BCUT2D eigenvalue weighted by molar-refractivity contribution is 6.05. The minimum Gasteiger partial charge on any atom is -0.497 e. The quantitative estimate of drug-likeness (QED) is 0.353. The molecule has 0 N–H and O–H groups in total. The maximum Gasteiger partial charge on any atom is 0.343 e. The van der Waals surface area contributed by atoms with Crippen molar-refractivity contribution < 1.29 is 23.9 Å². The predicted molar refractivity (Wildman–Crippen MR) is 94.7 cm³/mol. The number of carbonyl (C=O) groups excluding carboxylic acids is 1. The van der Waals surface area contributed by atoms with E-state index in [0.717, 1.165) is 0 Å². The molecule has 0 spiro atoms. The summed E-state index contributed by atoms with van der Waals surface area (Å²) in [5.74, 6) is 0.915. The fourth-order valence-corrected chi connectivity index (χ4v) is 2.53. The SMILES string of the molecule is COc1ccc(C2=C/C(=C\c3cccc([N+](=O)[O-])c3)C(=O)O2)c(OC)c1. The molecule has 0 saturated heterocycles. The van der Waals surface area contributed by atoms with Gasteiger partial charge in [-0.05, 0) is 29.8 Å². The van der Waals surface area contributed by atoms with E-state index in [9.17, 15) is 14.9 Å². The lowest BCUT2D eigenvalue weighted by molar-refractivity contribution is -0.384. The Morgan fingerprint density at radius 1 is 1.12 bits per heavy atom. The monoisotopic (exact) mass is 353 g/mol. The van der Waals surface area contributed by atoms with Crippen molar-refractivity contribution in [3.8, 4) is 11.5 Å². The van der Waals surface area contributed by atoms with Crippen LogP contribution in [0, 0.1) is 10.1 Å². The molecule has 0 saturated carbocycles. The summed E-state index contributed by atoms with van der Waals surface area (Å²) in [5.41, 5.74) is 1.37. The summed E-state index contributed by atoms with van der Waals surface area (Å²) in [4.78, 5) is 22.5. The van der Waals surface area contributed by atoms with Gasteiger partial charge >= 0.3 is 5.97 Å². The Morgan fingerprint density at radius 3 is 2.62 bits per heavy atom. The van der Waals surface area contributed by atoms with E-state index in [-0.39, 0.29) is 5.69 Å². The molecule has 2 aromatic rings. The van der Waals surface area contributed by atoms with Crippen LogP contribution in [0.2, 0.25) is 0 Å². The maximum atomic E-state index is 12.2. The molecule has 2 aromatic carbocycles. The van der Waals surface area contributed by atoms with E-state index in [2.05, 4.69) is 0 Å². The number of nitrogens with zero attached hydrogens (tertiary/aromatic N) is 1. The van der Waals surface area contributed by atoms with Crippen LogP contribution >= 0.6 is 0 Å². The van der Waals surface area contributed by atoms with Crippen molar-refractivity contribution in [1.82, 2.24) is 0 Å². The molecular weight excluding hydrogens is 338 g/mol. The van der Waals surface area contributed by atoms with Gasteiger partial charge in [-0.25, -0.2) is 4.79 Å². The zero-order valence-corrected chi connectivity index (χ0v) is 14.1. The van der Waals surface area contributed by atoms with Crippen molar-refractivity contribution in [2.75, 3.05) is 14.2 Å². The number of non-ortho nitro benzene ring substituents is 1. The molecule has 0 radical (unpaired) electrons. The standard InChI is InChI=1S/C19H15NO6/c1-24-15-6-7-16(17(11-15)25-2)18-10-13(19(21)26-18)8-12-4-3-5-14(9-12)20(22)23/h3-11H,1-2H3/b13-8+.